The number of anilines is 1. The number of nitrogens with one attached hydrogen (secondary N) is 1. The van der Waals surface area contributed by atoms with E-state index in [9.17, 15) is 0 Å². The second-order valence-corrected chi connectivity index (χ2v) is 5.81. The summed E-state index contributed by atoms with van der Waals surface area (Å²) in [5, 5.41) is 3.65. The molecule has 1 aliphatic carbocycles. The molecule has 0 bridgehead atoms. The number of hydrogen-bond donors (Lipinski definition) is 1. The van der Waals surface area contributed by atoms with Crippen molar-refractivity contribution in [2.24, 2.45) is 11.8 Å². The molecule has 100 valence electrons. The topological polar surface area (TPSA) is 21.3 Å². The molecule has 1 aromatic rings. The van der Waals surface area contributed by atoms with E-state index < -0.39 is 0 Å². The molecular weight excluding hydrogens is 222 g/mol. The third kappa shape index (κ3) is 2.98. The van der Waals surface area contributed by atoms with Crippen LogP contribution in [0.3, 0.4) is 0 Å². The molecule has 1 fully saturated rings. The normalized spacial score (nSPS) is 27.9. The van der Waals surface area contributed by atoms with Gasteiger partial charge in [-0.15, -0.1) is 0 Å². The summed E-state index contributed by atoms with van der Waals surface area (Å²) in [5.74, 6) is 2.64. The zero-order valence-electron chi connectivity index (χ0n) is 12.0. The van der Waals surface area contributed by atoms with Crippen LogP contribution >= 0.6 is 0 Å². The van der Waals surface area contributed by atoms with E-state index in [0.29, 0.717) is 6.04 Å². The van der Waals surface area contributed by atoms with Crippen LogP contribution in [0, 0.1) is 18.8 Å². The molecule has 2 nitrogen and oxygen atoms in total. The van der Waals surface area contributed by atoms with Crippen molar-refractivity contribution in [3.8, 4) is 5.75 Å². The van der Waals surface area contributed by atoms with E-state index in [1.54, 1.807) is 7.11 Å². The predicted octanol–water partition coefficient (Wildman–Crippen LogP) is 4.24. The molecule has 1 N–H and O–H groups in total. The van der Waals surface area contributed by atoms with Gasteiger partial charge in [0.1, 0.15) is 5.75 Å². The Morgan fingerprint density at radius 2 is 1.94 bits per heavy atom. The number of rotatable bonds is 3. The molecule has 1 aliphatic rings. The highest BCUT2D eigenvalue weighted by Crippen LogP contribution is 2.33. The largest absolute Gasteiger partial charge is 0.495 e. The molecule has 2 rings (SSSR count). The number of ether oxygens (including phenoxy) is 1. The summed E-state index contributed by atoms with van der Waals surface area (Å²) in [5.41, 5.74) is 2.37. The summed E-state index contributed by atoms with van der Waals surface area (Å²) in [4.78, 5) is 0. The molecule has 3 atom stereocenters. The van der Waals surface area contributed by atoms with E-state index in [0.717, 1.165) is 23.3 Å². The average molecular weight is 247 g/mol. The summed E-state index contributed by atoms with van der Waals surface area (Å²) >= 11 is 0. The SMILES string of the molecule is COc1cc(C)ccc1NC1CCC(C)C(C)C1. The van der Waals surface area contributed by atoms with E-state index in [2.05, 4.69) is 44.3 Å². The minimum Gasteiger partial charge on any atom is -0.495 e. The fourth-order valence-electron chi connectivity index (χ4n) is 2.82. The van der Waals surface area contributed by atoms with Crippen molar-refractivity contribution in [2.75, 3.05) is 12.4 Å². The summed E-state index contributed by atoms with van der Waals surface area (Å²) in [7, 11) is 1.74. The maximum Gasteiger partial charge on any atom is 0.142 e. The second kappa shape index (κ2) is 5.64. The Balaban J connectivity index is 2.05. The number of aryl methyl sites for hydroxylation is 1. The van der Waals surface area contributed by atoms with Crippen LogP contribution in [0.4, 0.5) is 5.69 Å². The Labute approximate surface area is 111 Å². The third-order valence-electron chi connectivity index (χ3n) is 4.31. The van der Waals surface area contributed by atoms with Crippen molar-refractivity contribution >= 4 is 5.69 Å². The Morgan fingerprint density at radius 1 is 1.17 bits per heavy atom. The standard InChI is InChI=1S/C16H25NO/c1-11-5-8-15(16(9-11)18-4)17-14-7-6-12(2)13(3)10-14/h5,8-9,12-14,17H,6-7,10H2,1-4H3. The lowest BCUT2D eigenvalue weighted by atomic mass is 9.79. The van der Waals surface area contributed by atoms with Gasteiger partial charge in [0.15, 0.2) is 0 Å². The Morgan fingerprint density at radius 3 is 2.61 bits per heavy atom. The average Bonchev–Trinajstić information content (AvgIpc) is 2.36. The Bertz CT molecular complexity index is 402. The minimum atomic E-state index is 0.591. The second-order valence-electron chi connectivity index (χ2n) is 5.81. The van der Waals surface area contributed by atoms with Crippen LogP contribution in [0.25, 0.3) is 0 Å². The monoisotopic (exact) mass is 247 g/mol. The minimum absolute atomic E-state index is 0.591. The highest BCUT2D eigenvalue weighted by atomic mass is 16.5. The first-order valence-corrected chi connectivity index (χ1v) is 7.01. The van der Waals surface area contributed by atoms with Crippen molar-refractivity contribution in [1.29, 1.82) is 0 Å². The zero-order chi connectivity index (χ0) is 13.1. The fourth-order valence-corrected chi connectivity index (χ4v) is 2.82. The van der Waals surface area contributed by atoms with Crippen LogP contribution in [0.5, 0.6) is 5.75 Å². The molecule has 1 aromatic carbocycles. The maximum atomic E-state index is 5.45. The van der Waals surface area contributed by atoms with Crippen LogP contribution < -0.4 is 10.1 Å². The lowest BCUT2D eigenvalue weighted by Gasteiger charge is -2.33. The third-order valence-corrected chi connectivity index (χ3v) is 4.31. The van der Waals surface area contributed by atoms with E-state index >= 15 is 0 Å². The van der Waals surface area contributed by atoms with Gasteiger partial charge in [-0.05, 0) is 55.7 Å². The van der Waals surface area contributed by atoms with Gasteiger partial charge >= 0.3 is 0 Å². The van der Waals surface area contributed by atoms with Crippen LogP contribution in [0.1, 0.15) is 38.7 Å². The first kappa shape index (κ1) is 13.3. The van der Waals surface area contributed by atoms with Gasteiger partial charge in [0.2, 0.25) is 0 Å². The molecule has 0 heterocycles. The number of benzene rings is 1. The van der Waals surface area contributed by atoms with Crippen molar-refractivity contribution in [1.82, 2.24) is 0 Å². The highest BCUT2D eigenvalue weighted by molar-refractivity contribution is 5.58. The van der Waals surface area contributed by atoms with Gasteiger partial charge in [0, 0.05) is 6.04 Å². The molecular formula is C16H25NO. The molecule has 0 amide bonds. The fraction of sp³-hybridized carbons (Fsp3) is 0.625. The summed E-state index contributed by atoms with van der Waals surface area (Å²) in [6, 6.07) is 6.96. The van der Waals surface area contributed by atoms with Crippen LogP contribution in [0.15, 0.2) is 18.2 Å². The van der Waals surface area contributed by atoms with Gasteiger partial charge in [-0.3, -0.25) is 0 Å². The molecule has 0 radical (unpaired) electrons. The van der Waals surface area contributed by atoms with Crippen LogP contribution in [0.2, 0.25) is 0 Å². The van der Waals surface area contributed by atoms with Crippen molar-refractivity contribution in [2.45, 2.75) is 46.1 Å². The Hall–Kier alpha value is -1.18. The smallest absolute Gasteiger partial charge is 0.142 e. The quantitative estimate of drug-likeness (QED) is 0.862. The number of hydrogen-bond acceptors (Lipinski definition) is 2. The van der Waals surface area contributed by atoms with E-state index in [1.807, 2.05) is 0 Å². The van der Waals surface area contributed by atoms with E-state index in [1.165, 1.54) is 24.8 Å². The van der Waals surface area contributed by atoms with Gasteiger partial charge in [-0.1, -0.05) is 19.9 Å². The summed E-state index contributed by atoms with van der Waals surface area (Å²) in [6.07, 6.45) is 3.85. The van der Waals surface area contributed by atoms with Crippen molar-refractivity contribution < 1.29 is 4.74 Å². The van der Waals surface area contributed by atoms with Crippen LogP contribution in [-0.2, 0) is 0 Å². The summed E-state index contributed by atoms with van der Waals surface area (Å²) < 4.78 is 5.45. The molecule has 0 spiro atoms. The molecule has 1 saturated carbocycles. The molecule has 3 unspecified atom stereocenters. The molecule has 0 saturated heterocycles. The predicted molar refractivity (Wildman–Crippen MR) is 77.3 cm³/mol. The van der Waals surface area contributed by atoms with E-state index in [-0.39, 0.29) is 0 Å². The van der Waals surface area contributed by atoms with Crippen LogP contribution in [-0.4, -0.2) is 13.2 Å². The lowest BCUT2D eigenvalue weighted by molar-refractivity contribution is 0.260. The number of methoxy groups -OCH3 is 1. The Kier molecular flexibility index (Phi) is 4.15. The highest BCUT2D eigenvalue weighted by Gasteiger charge is 2.24. The van der Waals surface area contributed by atoms with Gasteiger partial charge in [-0.25, -0.2) is 0 Å². The van der Waals surface area contributed by atoms with Gasteiger partial charge < -0.3 is 10.1 Å². The molecule has 2 heteroatoms. The molecule has 18 heavy (non-hydrogen) atoms. The summed E-state index contributed by atoms with van der Waals surface area (Å²) in [6.45, 7) is 6.83. The van der Waals surface area contributed by atoms with Crippen molar-refractivity contribution in [3.63, 3.8) is 0 Å². The van der Waals surface area contributed by atoms with E-state index in [4.69, 9.17) is 4.74 Å². The first-order valence-electron chi connectivity index (χ1n) is 7.01. The molecule has 0 aliphatic heterocycles. The maximum absolute atomic E-state index is 5.45. The first-order chi connectivity index (χ1) is 8.60. The van der Waals surface area contributed by atoms with Crippen molar-refractivity contribution in [3.05, 3.63) is 23.8 Å². The van der Waals surface area contributed by atoms with Gasteiger partial charge in [-0.2, -0.15) is 0 Å². The van der Waals surface area contributed by atoms with Gasteiger partial charge in [0.05, 0.1) is 12.8 Å². The lowest BCUT2D eigenvalue weighted by Crippen LogP contribution is -2.30. The van der Waals surface area contributed by atoms with Gasteiger partial charge in [0.25, 0.3) is 0 Å². The molecule has 0 aromatic heterocycles. The zero-order valence-corrected chi connectivity index (χ0v) is 12.0.